The molecule has 0 spiro atoms. The van der Waals surface area contributed by atoms with E-state index in [9.17, 15) is 4.79 Å². The molecular formula is C22H18ClIO4. The van der Waals surface area contributed by atoms with Crippen LogP contribution in [-0.2, 0) is 0 Å². The highest BCUT2D eigenvalue weighted by molar-refractivity contribution is 14.1. The molecule has 0 N–H and O–H groups in total. The van der Waals surface area contributed by atoms with Crippen LogP contribution in [0.15, 0.2) is 45.6 Å². The molecule has 0 bridgehead atoms. The fourth-order valence-electron chi connectivity index (χ4n) is 2.90. The first-order valence-corrected chi connectivity index (χ1v) is 10.4. The van der Waals surface area contributed by atoms with Crippen LogP contribution in [-0.4, -0.2) is 13.7 Å². The van der Waals surface area contributed by atoms with Crippen LogP contribution in [0.25, 0.3) is 23.1 Å². The van der Waals surface area contributed by atoms with E-state index in [1.807, 2.05) is 46.9 Å². The lowest BCUT2D eigenvalue weighted by molar-refractivity contribution is 0.280. The molecule has 6 heteroatoms. The Bertz CT molecular complexity index is 1120. The molecule has 0 atom stereocenters. The molecular weight excluding hydrogens is 491 g/mol. The minimum atomic E-state index is -0.0974. The molecule has 1 aliphatic rings. The van der Waals surface area contributed by atoms with Crippen molar-refractivity contribution in [2.75, 3.05) is 13.7 Å². The first kappa shape index (κ1) is 19.3. The number of ether oxygens (including phenoxy) is 2. The molecule has 0 amide bonds. The van der Waals surface area contributed by atoms with Gasteiger partial charge in [0.2, 0.25) is 5.43 Å². The zero-order valence-electron chi connectivity index (χ0n) is 15.2. The van der Waals surface area contributed by atoms with E-state index in [1.54, 1.807) is 31.4 Å². The number of fused-ring (bicyclic) bond motifs is 1. The molecule has 4 rings (SSSR count). The van der Waals surface area contributed by atoms with Gasteiger partial charge in [0.1, 0.15) is 14.9 Å². The van der Waals surface area contributed by atoms with Crippen molar-refractivity contribution in [3.8, 4) is 11.5 Å². The number of methoxy groups -OCH3 is 1. The zero-order chi connectivity index (χ0) is 19.7. The number of halogens is 2. The van der Waals surface area contributed by atoms with E-state index in [4.69, 9.17) is 25.5 Å². The number of hydrogen-bond acceptors (Lipinski definition) is 4. The Hall–Kier alpha value is -1.99. The highest BCUT2D eigenvalue weighted by Gasteiger charge is 2.23. The van der Waals surface area contributed by atoms with Gasteiger partial charge in [-0.15, -0.1) is 0 Å². The Morgan fingerprint density at radius 1 is 1.25 bits per heavy atom. The van der Waals surface area contributed by atoms with E-state index in [-0.39, 0.29) is 5.43 Å². The van der Waals surface area contributed by atoms with Crippen molar-refractivity contribution in [2.45, 2.75) is 12.8 Å². The molecule has 3 aromatic rings. The van der Waals surface area contributed by atoms with Crippen molar-refractivity contribution < 1.29 is 13.9 Å². The molecule has 1 aromatic heterocycles. The van der Waals surface area contributed by atoms with E-state index in [0.29, 0.717) is 49.3 Å². The maximum absolute atomic E-state index is 12.7. The summed E-state index contributed by atoms with van der Waals surface area (Å²) in [5.74, 6) is 2.52. The molecule has 4 nitrogen and oxygen atoms in total. The lowest BCUT2D eigenvalue weighted by Crippen LogP contribution is -2.07. The Morgan fingerprint density at radius 3 is 2.82 bits per heavy atom. The molecule has 144 valence electrons. The third-order valence-corrected chi connectivity index (χ3v) is 5.88. The summed E-state index contributed by atoms with van der Waals surface area (Å²) in [5, 5.41) is 0.983. The average Bonchev–Trinajstić information content (AvgIpc) is 3.53. The molecule has 1 fully saturated rings. The van der Waals surface area contributed by atoms with E-state index < -0.39 is 0 Å². The standard InChI is InChI=1S/C22H18ClIO4/c1-26-19-4-2-3-14(22(19)27-12-13-5-6-13)7-9-18-20(24)21(25)16-11-15(23)8-10-17(16)28-18/h2-4,7-11,13H,5-6,12H2,1H3/b9-7+. The van der Waals surface area contributed by atoms with Gasteiger partial charge in [-0.3, -0.25) is 4.79 Å². The normalized spacial score (nSPS) is 14.0. The average molecular weight is 509 g/mol. The summed E-state index contributed by atoms with van der Waals surface area (Å²) < 4.78 is 17.9. The fraction of sp³-hybridized carbons (Fsp3) is 0.227. The van der Waals surface area contributed by atoms with Gasteiger partial charge in [-0.25, -0.2) is 0 Å². The number of para-hydroxylation sites is 1. The number of hydrogen-bond donors (Lipinski definition) is 0. The summed E-state index contributed by atoms with van der Waals surface area (Å²) in [5.41, 5.74) is 1.28. The number of rotatable bonds is 6. The smallest absolute Gasteiger partial charge is 0.206 e. The molecule has 1 heterocycles. The Labute approximate surface area is 181 Å². The molecule has 1 aliphatic carbocycles. The van der Waals surface area contributed by atoms with E-state index in [1.165, 1.54) is 12.8 Å². The van der Waals surface area contributed by atoms with Crippen molar-refractivity contribution in [1.82, 2.24) is 0 Å². The third kappa shape index (κ3) is 4.05. The summed E-state index contributed by atoms with van der Waals surface area (Å²) in [7, 11) is 1.63. The molecule has 0 radical (unpaired) electrons. The van der Waals surface area contributed by atoms with Gasteiger partial charge in [0.25, 0.3) is 0 Å². The van der Waals surface area contributed by atoms with Gasteiger partial charge >= 0.3 is 0 Å². The van der Waals surface area contributed by atoms with Crippen LogP contribution in [0.3, 0.4) is 0 Å². The maximum atomic E-state index is 12.7. The van der Waals surface area contributed by atoms with E-state index >= 15 is 0 Å². The third-order valence-electron chi connectivity index (χ3n) is 4.63. The number of benzene rings is 2. The minimum Gasteiger partial charge on any atom is -0.493 e. The summed E-state index contributed by atoms with van der Waals surface area (Å²) in [6, 6.07) is 10.8. The quantitative estimate of drug-likeness (QED) is 0.382. The predicted octanol–water partition coefficient (Wildman–Crippen LogP) is 6.02. The summed E-state index contributed by atoms with van der Waals surface area (Å²) in [4.78, 5) is 12.7. The first-order chi connectivity index (χ1) is 13.6. The van der Waals surface area contributed by atoms with Gasteiger partial charge in [0.05, 0.1) is 19.1 Å². The van der Waals surface area contributed by atoms with Crippen LogP contribution < -0.4 is 14.9 Å². The van der Waals surface area contributed by atoms with Gasteiger partial charge in [-0.05, 0) is 77.8 Å². The second-order valence-electron chi connectivity index (χ2n) is 6.72. The van der Waals surface area contributed by atoms with Crippen LogP contribution in [0.5, 0.6) is 11.5 Å². The van der Waals surface area contributed by atoms with Gasteiger partial charge in [0, 0.05) is 10.6 Å². The van der Waals surface area contributed by atoms with Crippen LogP contribution in [0.2, 0.25) is 5.02 Å². The Kier molecular flexibility index (Phi) is 5.64. The van der Waals surface area contributed by atoms with Gasteiger partial charge in [0.15, 0.2) is 11.5 Å². The van der Waals surface area contributed by atoms with Gasteiger partial charge in [-0.2, -0.15) is 0 Å². The van der Waals surface area contributed by atoms with E-state index in [2.05, 4.69) is 0 Å². The lowest BCUT2D eigenvalue weighted by Gasteiger charge is -2.13. The predicted molar refractivity (Wildman–Crippen MR) is 120 cm³/mol. The summed E-state index contributed by atoms with van der Waals surface area (Å²) in [6.45, 7) is 0.685. The highest BCUT2D eigenvalue weighted by Crippen LogP contribution is 2.36. The molecule has 0 aliphatic heterocycles. The molecule has 0 saturated heterocycles. The Balaban J connectivity index is 1.72. The lowest BCUT2D eigenvalue weighted by atomic mass is 10.1. The first-order valence-electron chi connectivity index (χ1n) is 8.96. The van der Waals surface area contributed by atoms with Crippen molar-refractivity contribution >= 4 is 57.3 Å². The second-order valence-corrected chi connectivity index (χ2v) is 8.23. The van der Waals surface area contributed by atoms with Crippen LogP contribution in [0.1, 0.15) is 24.2 Å². The van der Waals surface area contributed by atoms with E-state index in [0.717, 1.165) is 5.56 Å². The summed E-state index contributed by atoms with van der Waals surface area (Å²) in [6.07, 6.45) is 6.10. The van der Waals surface area contributed by atoms with Crippen molar-refractivity contribution in [3.63, 3.8) is 0 Å². The van der Waals surface area contributed by atoms with Crippen LogP contribution >= 0.6 is 34.2 Å². The SMILES string of the molecule is COc1cccc(/C=C/c2oc3ccc(Cl)cc3c(=O)c2I)c1OCC1CC1. The van der Waals surface area contributed by atoms with Crippen LogP contribution in [0, 0.1) is 9.49 Å². The maximum Gasteiger partial charge on any atom is 0.206 e. The zero-order valence-corrected chi connectivity index (χ0v) is 18.1. The van der Waals surface area contributed by atoms with Crippen molar-refractivity contribution in [1.29, 1.82) is 0 Å². The molecule has 1 saturated carbocycles. The largest absolute Gasteiger partial charge is 0.493 e. The Morgan fingerprint density at radius 2 is 2.07 bits per heavy atom. The topological polar surface area (TPSA) is 48.7 Å². The van der Waals surface area contributed by atoms with Gasteiger partial charge < -0.3 is 13.9 Å². The molecule has 0 unspecified atom stereocenters. The van der Waals surface area contributed by atoms with Crippen LogP contribution in [0.4, 0.5) is 0 Å². The second kappa shape index (κ2) is 8.17. The monoisotopic (exact) mass is 508 g/mol. The highest BCUT2D eigenvalue weighted by atomic mass is 127. The fourth-order valence-corrected chi connectivity index (χ4v) is 3.65. The summed E-state index contributed by atoms with van der Waals surface area (Å²) >= 11 is 8.01. The van der Waals surface area contributed by atoms with Gasteiger partial charge in [-0.1, -0.05) is 23.7 Å². The van der Waals surface area contributed by atoms with Crippen molar-refractivity contribution in [2.24, 2.45) is 5.92 Å². The van der Waals surface area contributed by atoms with Crippen molar-refractivity contribution in [3.05, 3.63) is 66.5 Å². The molecule has 28 heavy (non-hydrogen) atoms. The molecule has 2 aromatic carbocycles. The minimum absolute atomic E-state index is 0.0974.